The first-order valence-electron chi connectivity index (χ1n) is 10.9. The molecule has 3 rings (SSSR count). The molecular formula is C23H37N3O2S. The number of ether oxygens (including phenoxy) is 2. The fourth-order valence-electron chi connectivity index (χ4n) is 5.26. The summed E-state index contributed by atoms with van der Waals surface area (Å²) in [4.78, 5) is 4.85. The molecule has 6 heteroatoms. The third kappa shape index (κ3) is 4.33. The van der Waals surface area contributed by atoms with Gasteiger partial charge >= 0.3 is 0 Å². The number of nitrogens with one attached hydrogen (secondary N) is 1. The zero-order chi connectivity index (χ0) is 21.0. The third-order valence-corrected chi connectivity index (χ3v) is 7.56. The van der Waals surface area contributed by atoms with Crippen LogP contribution in [0.15, 0.2) is 18.2 Å². The summed E-state index contributed by atoms with van der Waals surface area (Å²) in [7, 11) is 7.84. The lowest BCUT2D eigenvalue weighted by Gasteiger charge is -2.47. The highest BCUT2D eigenvalue weighted by atomic mass is 32.1. The van der Waals surface area contributed by atoms with Gasteiger partial charge in [-0.1, -0.05) is 19.4 Å². The van der Waals surface area contributed by atoms with Crippen molar-refractivity contribution < 1.29 is 9.47 Å². The number of nitrogens with zero attached hydrogens (tertiary/aromatic N) is 2. The van der Waals surface area contributed by atoms with Gasteiger partial charge in [-0.05, 0) is 75.6 Å². The zero-order valence-electron chi connectivity index (χ0n) is 18.7. The van der Waals surface area contributed by atoms with Crippen LogP contribution in [0, 0.1) is 0 Å². The lowest BCUT2D eigenvalue weighted by Crippen LogP contribution is -2.53. The van der Waals surface area contributed by atoms with Crippen LogP contribution in [0.1, 0.15) is 51.0 Å². The van der Waals surface area contributed by atoms with Crippen molar-refractivity contribution in [2.75, 3.05) is 41.4 Å². The predicted molar refractivity (Wildman–Crippen MR) is 123 cm³/mol. The van der Waals surface area contributed by atoms with Crippen molar-refractivity contribution in [3.05, 3.63) is 23.8 Å². The molecule has 29 heavy (non-hydrogen) atoms. The van der Waals surface area contributed by atoms with Crippen molar-refractivity contribution in [1.29, 1.82) is 0 Å². The quantitative estimate of drug-likeness (QED) is 0.535. The largest absolute Gasteiger partial charge is 0.493 e. The van der Waals surface area contributed by atoms with Crippen LogP contribution in [0.25, 0.3) is 0 Å². The molecule has 1 aliphatic carbocycles. The first-order valence-corrected chi connectivity index (χ1v) is 11.3. The lowest BCUT2D eigenvalue weighted by molar-refractivity contribution is 0.126. The van der Waals surface area contributed by atoms with E-state index in [4.69, 9.17) is 21.7 Å². The average molecular weight is 420 g/mol. The van der Waals surface area contributed by atoms with E-state index in [1.54, 1.807) is 14.2 Å². The smallest absolute Gasteiger partial charge is 0.168 e. The van der Waals surface area contributed by atoms with E-state index >= 15 is 0 Å². The van der Waals surface area contributed by atoms with Gasteiger partial charge in [0, 0.05) is 31.1 Å². The minimum atomic E-state index is 0.183. The minimum Gasteiger partial charge on any atom is -0.493 e. The lowest BCUT2D eigenvalue weighted by atomic mass is 9.65. The zero-order valence-corrected chi connectivity index (χ0v) is 19.5. The van der Waals surface area contributed by atoms with Gasteiger partial charge in [-0.3, -0.25) is 0 Å². The molecule has 1 N–H and O–H groups in total. The third-order valence-electron chi connectivity index (χ3n) is 7.13. The summed E-state index contributed by atoms with van der Waals surface area (Å²) in [5, 5.41) is 4.33. The van der Waals surface area contributed by atoms with Crippen molar-refractivity contribution in [3.8, 4) is 11.5 Å². The second-order valence-electron chi connectivity index (χ2n) is 8.60. The number of unbranched alkanes of at least 4 members (excludes halogenated alkanes) is 1. The topological polar surface area (TPSA) is 37.0 Å². The number of hydrogen-bond donors (Lipinski definition) is 1. The Labute approximate surface area is 181 Å². The molecule has 0 unspecified atom stereocenters. The summed E-state index contributed by atoms with van der Waals surface area (Å²) in [6.07, 6.45) is 7.00. The van der Waals surface area contributed by atoms with E-state index in [1.807, 2.05) is 0 Å². The van der Waals surface area contributed by atoms with Crippen molar-refractivity contribution >= 4 is 17.3 Å². The summed E-state index contributed by atoms with van der Waals surface area (Å²) < 4.78 is 11.1. The molecule has 0 spiro atoms. The monoisotopic (exact) mass is 419 g/mol. The molecule has 2 fully saturated rings. The van der Waals surface area contributed by atoms with Crippen LogP contribution in [-0.2, 0) is 5.41 Å². The molecule has 5 nitrogen and oxygen atoms in total. The molecule has 1 saturated heterocycles. The Bertz CT molecular complexity index is 713. The van der Waals surface area contributed by atoms with Gasteiger partial charge in [-0.15, -0.1) is 0 Å². The highest BCUT2D eigenvalue weighted by molar-refractivity contribution is 7.80. The first kappa shape index (κ1) is 22.2. The summed E-state index contributed by atoms with van der Waals surface area (Å²) in [6.45, 7) is 4.30. The number of fused-ring (bicyclic) bond motifs is 1. The van der Waals surface area contributed by atoms with Crippen LogP contribution in [-0.4, -0.2) is 68.4 Å². The van der Waals surface area contributed by atoms with Crippen molar-refractivity contribution in [2.45, 2.75) is 62.9 Å². The maximum atomic E-state index is 5.67. The van der Waals surface area contributed by atoms with Crippen LogP contribution in [0.2, 0.25) is 0 Å². The highest BCUT2D eigenvalue weighted by Gasteiger charge is 2.51. The first-order chi connectivity index (χ1) is 14.0. The van der Waals surface area contributed by atoms with Gasteiger partial charge in [-0.25, -0.2) is 0 Å². The molecule has 1 heterocycles. The second-order valence-corrected chi connectivity index (χ2v) is 8.98. The Balaban J connectivity index is 1.78. The van der Waals surface area contributed by atoms with Gasteiger partial charge < -0.3 is 24.6 Å². The maximum absolute atomic E-state index is 5.67. The van der Waals surface area contributed by atoms with E-state index in [0.29, 0.717) is 12.1 Å². The highest BCUT2D eigenvalue weighted by Crippen LogP contribution is 2.50. The summed E-state index contributed by atoms with van der Waals surface area (Å²) >= 11 is 5.67. The van der Waals surface area contributed by atoms with Crippen LogP contribution < -0.4 is 14.8 Å². The van der Waals surface area contributed by atoms with Crippen LogP contribution in [0.3, 0.4) is 0 Å². The Morgan fingerprint density at radius 1 is 1.28 bits per heavy atom. The summed E-state index contributed by atoms with van der Waals surface area (Å²) in [5.41, 5.74) is 1.57. The number of likely N-dealkylation sites (tertiary alicyclic amines) is 1. The number of rotatable bonds is 7. The molecule has 1 aromatic carbocycles. The van der Waals surface area contributed by atoms with Gasteiger partial charge in [0.05, 0.1) is 14.2 Å². The van der Waals surface area contributed by atoms with Gasteiger partial charge in [0.2, 0.25) is 0 Å². The number of likely N-dealkylation sites (N-methyl/N-ethyl adjacent to an activating group) is 1. The van der Waals surface area contributed by atoms with E-state index < -0.39 is 0 Å². The molecule has 3 atom stereocenters. The molecular weight excluding hydrogens is 382 g/mol. The Hall–Kier alpha value is -1.53. The fraction of sp³-hybridized carbons (Fsp3) is 0.696. The van der Waals surface area contributed by atoms with Gasteiger partial charge in [-0.2, -0.15) is 0 Å². The molecule has 1 aromatic rings. The number of benzene rings is 1. The fourth-order valence-corrected chi connectivity index (χ4v) is 5.51. The van der Waals surface area contributed by atoms with E-state index in [-0.39, 0.29) is 5.41 Å². The number of methoxy groups -OCH3 is 2. The van der Waals surface area contributed by atoms with Crippen LogP contribution in [0.4, 0.5) is 0 Å². The van der Waals surface area contributed by atoms with Gasteiger partial charge in [0.15, 0.2) is 16.6 Å². The molecule has 162 valence electrons. The normalized spacial score (nSPS) is 26.7. The molecule has 0 amide bonds. The average Bonchev–Trinajstić information content (AvgIpc) is 3.09. The minimum absolute atomic E-state index is 0.183. The maximum Gasteiger partial charge on any atom is 0.168 e. The standard InChI is InChI=1S/C23H37N3O2S/c1-6-7-13-24-22(29)26(3)18-10-11-23(12-14-25(2)21(23)16-18)17-8-9-19(27-4)20(15-17)28-5/h8-9,15,18,21H,6-7,10-14,16H2,1-5H3,(H,24,29)/t18-,21-,23+/m1/s1. The van der Waals surface area contributed by atoms with Crippen molar-refractivity contribution in [1.82, 2.24) is 15.1 Å². The Morgan fingerprint density at radius 2 is 2.03 bits per heavy atom. The van der Waals surface area contributed by atoms with Crippen molar-refractivity contribution in [2.24, 2.45) is 0 Å². The van der Waals surface area contributed by atoms with E-state index in [0.717, 1.165) is 49.0 Å². The molecule has 1 saturated carbocycles. The SMILES string of the molecule is CCCCNC(=S)N(C)[C@@H]1CC[C@@]2(c3ccc(OC)c(OC)c3)CCN(C)[C@@H]2C1. The predicted octanol–water partition coefficient (Wildman–Crippen LogP) is 3.80. The van der Waals surface area contributed by atoms with E-state index in [9.17, 15) is 0 Å². The van der Waals surface area contributed by atoms with E-state index in [2.05, 4.69) is 54.3 Å². The van der Waals surface area contributed by atoms with Crippen LogP contribution in [0.5, 0.6) is 11.5 Å². The van der Waals surface area contributed by atoms with E-state index in [1.165, 1.54) is 24.8 Å². The Kier molecular flexibility index (Phi) is 7.28. The molecule has 0 bridgehead atoms. The molecule has 1 aliphatic heterocycles. The second kappa shape index (κ2) is 9.52. The molecule has 0 aromatic heterocycles. The number of thiocarbonyl (C=S) groups is 1. The summed E-state index contributed by atoms with van der Waals surface area (Å²) in [6, 6.07) is 7.50. The molecule has 0 radical (unpaired) electrons. The van der Waals surface area contributed by atoms with Gasteiger partial charge in [0.25, 0.3) is 0 Å². The van der Waals surface area contributed by atoms with Crippen LogP contribution >= 0.6 is 12.2 Å². The number of hydrogen-bond acceptors (Lipinski definition) is 4. The Morgan fingerprint density at radius 3 is 2.72 bits per heavy atom. The van der Waals surface area contributed by atoms with Crippen molar-refractivity contribution in [3.63, 3.8) is 0 Å². The van der Waals surface area contributed by atoms with Gasteiger partial charge in [0.1, 0.15) is 0 Å². The summed E-state index contributed by atoms with van der Waals surface area (Å²) in [5.74, 6) is 1.63. The molecule has 2 aliphatic rings.